The quantitative estimate of drug-likeness (QED) is 0.811. The monoisotopic (exact) mass is 281 g/mol. The van der Waals surface area contributed by atoms with E-state index in [9.17, 15) is 4.79 Å². The Morgan fingerprint density at radius 1 is 1.58 bits per heavy atom. The number of hydrogen-bond acceptors (Lipinski definition) is 4. The molecule has 0 aliphatic carbocycles. The van der Waals surface area contributed by atoms with Crippen molar-refractivity contribution < 1.29 is 14.3 Å². The largest absolute Gasteiger partial charge is 0.497 e. The topological polar surface area (TPSA) is 47.6 Å². The van der Waals surface area contributed by atoms with Gasteiger partial charge in [-0.3, -0.25) is 4.79 Å². The first-order valence-electron chi connectivity index (χ1n) is 6.43. The van der Waals surface area contributed by atoms with Crippen LogP contribution in [0.4, 0.5) is 0 Å². The van der Waals surface area contributed by atoms with E-state index >= 15 is 0 Å². The summed E-state index contributed by atoms with van der Waals surface area (Å²) in [4.78, 5) is 12.7. The first-order valence-corrected chi connectivity index (χ1v) is 7.41. The van der Waals surface area contributed by atoms with Gasteiger partial charge in [0.15, 0.2) is 0 Å². The van der Waals surface area contributed by atoms with E-state index in [-0.39, 0.29) is 12.0 Å². The van der Waals surface area contributed by atoms with E-state index < -0.39 is 0 Å². The van der Waals surface area contributed by atoms with E-state index in [4.69, 9.17) is 9.47 Å². The van der Waals surface area contributed by atoms with E-state index in [0.29, 0.717) is 12.3 Å². The molecule has 1 heterocycles. The molecule has 1 aromatic carbocycles. The lowest BCUT2D eigenvalue weighted by Crippen LogP contribution is -2.32. The number of nitrogens with one attached hydrogen (secondary N) is 1. The van der Waals surface area contributed by atoms with Crippen LogP contribution in [0.15, 0.2) is 29.2 Å². The van der Waals surface area contributed by atoms with Crippen molar-refractivity contribution in [1.82, 2.24) is 5.32 Å². The molecule has 104 valence electrons. The van der Waals surface area contributed by atoms with E-state index in [2.05, 4.69) is 5.32 Å². The number of methoxy groups -OCH3 is 1. The molecule has 19 heavy (non-hydrogen) atoms. The minimum Gasteiger partial charge on any atom is -0.497 e. The third kappa shape index (κ3) is 4.76. The summed E-state index contributed by atoms with van der Waals surface area (Å²) in [5, 5.41) is 2.91. The van der Waals surface area contributed by atoms with Crippen molar-refractivity contribution in [3.05, 3.63) is 24.3 Å². The Morgan fingerprint density at radius 2 is 2.47 bits per heavy atom. The summed E-state index contributed by atoms with van der Waals surface area (Å²) in [5.41, 5.74) is 0. The van der Waals surface area contributed by atoms with Gasteiger partial charge in [0.05, 0.1) is 19.0 Å². The number of carbonyl (C=O) groups excluding carboxylic acids is 1. The van der Waals surface area contributed by atoms with Gasteiger partial charge >= 0.3 is 0 Å². The maximum atomic E-state index is 11.7. The van der Waals surface area contributed by atoms with Gasteiger partial charge in [0, 0.05) is 18.0 Å². The molecule has 4 nitrogen and oxygen atoms in total. The van der Waals surface area contributed by atoms with Crippen LogP contribution in [0, 0.1) is 0 Å². The summed E-state index contributed by atoms with van der Waals surface area (Å²) in [5.74, 6) is 1.27. The van der Waals surface area contributed by atoms with Crippen molar-refractivity contribution in [2.45, 2.75) is 23.8 Å². The lowest BCUT2D eigenvalue weighted by Gasteiger charge is -2.10. The second-order valence-corrected chi connectivity index (χ2v) is 5.46. The number of carbonyl (C=O) groups is 1. The van der Waals surface area contributed by atoms with E-state index in [1.807, 2.05) is 24.3 Å². The van der Waals surface area contributed by atoms with Gasteiger partial charge in [-0.25, -0.2) is 0 Å². The molecular weight excluding hydrogens is 262 g/mol. The highest BCUT2D eigenvalue weighted by Crippen LogP contribution is 2.22. The summed E-state index contributed by atoms with van der Waals surface area (Å²) in [6.45, 7) is 1.44. The fourth-order valence-corrected chi connectivity index (χ4v) is 2.70. The van der Waals surface area contributed by atoms with Crippen LogP contribution in [0.3, 0.4) is 0 Å². The maximum absolute atomic E-state index is 11.7. The Morgan fingerprint density at radius 3 is 3.21 bits per heavy atom. The van der Waals surface area contributed by atoms with Crippen LogP contribution in [0.1, 0.15) is 12.8 Å². The maximum Gasteiger partial charge on any atom is 0.230 e. The van der Waals surface area contributed by atoms with Crippen molar-refractivity contribution in [3.8, 4) is 5.75 Å². The lowest BCUT2D eigenvalue weighted by molar-refractivity contribution is -0.119. The van der Waals surface area contributed by atoms with Crippen molar-refractivity contribution in [2.24, 2.45) is 0 Å². The molecule has 1 amide bonds. The molecule has 0 aromatic heterocycles. The van der Waals surface area contributed by atoms with Crippen molar-refractivity contribution in [3.63, 3.8) is 0 Å². The first kappa shape index (κ1) is 14.2. The van der Waals surface area contributed by atoms with Gasteiger partial charge in [-0.2, -0.15) is 0 Å². The summed E-state index contributed by atoms with van der Waals surface area (Å²) in [6, 6.07) is 7.71. The average Bonchev–Trinajstić information content (AvgIpc) is 2.96. The van der Waals surface area contributed by atoms with Crippen LogP contribution < -0.4 is 10.1 Å². The van der Waals surface area contributed by atoms with E-state index in [1.54, 1.807) is 7.11 Å². The lowest BCUT2D eigenvalue weighted by atomic mass is 10.2. The standard InChI is InChI=1S/C14H19NO3S/c1-17-11-4-2-6-13(8-11)19-10-14(16)15-9-12-5-3-7-18-12/h2,4,6,8,12H,3,5,7,9-10H2,1H3,(H,15,16)/t12-/m0/s1. The highest BCUT2D eigenvalue weighted by Gasteiger charge is 2.16. The molecule has 1 N–H and O–H groups in total. The Kier molecular flexibility index (Phi) is 5.54. The van der Waals surface area contributed by atoms with Crippen molar-refractivity contribution in [1.29, 1.82) is 0 Å². The molecular formula is C14H19NO3S. The van der Waals surface area contributed by atoms with Gasteiger partial charge in [0.25, 0.3) is 0 Å². The third-order valence-corrected chi connectivity index (χ3v) is 3.96. The molecule has 0 saturated carbocycles. The van der Waals surface area contributed by atoms with Gasteiger partial charge in [0.1, 0.15) is 5.75 Å². The van der Waals surface area contributed by atoms with Crippen LogP contribution in [0.5, 0.6) is 5.75 Å². The first-order chi connectivity index (χ1) is 9.28. The molecule has 1 fully saturated rings. The predicted molar refractivity (Wildman–Crippen MR) is 75.7 cm³/mol. The molecule has 0 spiro atoms. The SMILES string of the molecule is COc1cccc(SCC(=O)NC[C@@H]2CCCO2)c1. The minimum atomic E-state index is 0.0447. The molecule has 1 saturated heterocycles. The molecule has 1 atom stereocenters. The molecule has 0 radical (unpaired) electrons. The highest BCUT2D eigenvalue weighted by atomic mass is 32.2. The molecule has 1 aliphatic heterocycles. The number of benzene rings is 1. The summed E-state index contributed by atoms with van der Waals surface area (Å²) in [7, 11) is 1.64. The van der Waals surface area contributed by atoms with Gasteiger partial charge in [-0.15, -0.1) is 11.8 Å². The van der Waals surface area contributed by atoms with Crippen LogP contribution >= 0.6 is 11.8 Å². The fourth-order valence-electron chi connectivity index (χ4n) is 1.92. The smallest absolute Gasteiger partial charge is 0.230 e. The zero-order valence-corrected chi connectivity index (χ0v) is 11.9. The molecule has 2 rings (SSSR count). The zero-order valence-electron chi connectivity index (χ0n) is 11.1. The molecule has 0 bridgehead atoms. The Hall–Kier alpha value is -1.20. The summed E-state index contributed by atoms with van der Waals surface area (Å²) in [6.07, 6.45) is 2.34. The number of hydrogen-bond donors (Lipinski definition) is 1. The van der Waals surface area contributed by atoms with Crippen LogP contribution in [0.2, 0.25) is 0 Å². The molecule has 0 unspecified atom stereocenters. The van der Waals surface area contributed by atoms with Gasteiger partial charge in [0.2, 0.25) is 5.91 Å². The van der Waals surface area contributed by atoms with Gasteiger partial charge in [-0.1, -0.05) is 6.07 Å². The summed E-state index contributed by atoms with van der Waals surface area (Å²) < 4.78 is 10.6. The fraction of sp³-hybridized carbons (Fsp3) is 0.500. The number of rotatable bonds is 6. The van der Waals surface area contributed by atoms with E-state index in [1.165, 1.54) is 11.8 Å². The number of thioether (sulfide) groups is 1. The third-order valence-electron chi connectivity index (χ3n) is 2.96. The molecule has 1 aromatic rings. The normalized spacial score (nSPS) is 18.3. The Labute approximate surface area is 117 Å². The molecule has 5 heteroatoms. The second kappa shape index (κ2) is 7.40. The molecule has 1 aliphatic rings. The summed E-state index contributed by atoms with van der Waals surface area (Å²) >= 11 is 1.51. The van der Waals surface area contributed by atoms with Crippen LogP contribution in [-0.4, -0.2) is 38.0 Å². The van der Waals surface area contributed by atoms with E-state index in [0.717, 1.165) is 30.1 Å². The Balaban J connectivity index is 1.70. The van der Waals surface area contributed by atoms with Crippen LogP contribution in [0.25, 0.3) is 0 Å². The minimum absolute atomic E-state index is 0.0447. The van der Waals surface area contributed by atoms with Gasteiger partial charge < -0.3 is 14.8 Å². The van der Waals surface area contributed by atoms with Crippen LogP contribution in [-0.2, 0) is 9.53 Å². The average molecular weight is 281 g/mol. The second-order valence-electron chi connectivity index (χ2n) is 4.41. The number of ether oxygens (including phenoxy) is 2. The van der Waals surface area contributed by atoms with Gasteiger partial charge in [-0.05, 0) is 31.0 Å². The zero-order chi connectivity index (χ0) is 13.5. The predicted octanol–water partition coefficient (Wildman–Crippen LogP) is 2.08. The van der Waals surface area contributed by atoms with Crippen molar-refractivity contribution in [2.75, 3.05) is 26.0 Å². The Bertz CT molecular complexity index is 419. The highest BCUT2D eigenvalue weighted by molar-refractivity contribution is 8.00. The van der Waals surface area contributed by atoms with Crippen molar-refractivity contribution >= 4 is 17.7 Å². The number of amides is 1.